The molecule has 2 fully saturated rings. The molecule has 0 aromatic heterocycles. The molecule has 2 aromatic carbocycles. The second-order valence-corrected chi connectivity index (χ2v) is 9.27. The summed E-state index contributed by atoms with van der Waals surface area (Å²) < 4.78 is 38.3. The van der Waals surface area contributed by atoms with Crippen molar-refractivity contribution in [2.45, 2.75) is 63.5 Å². The first-order valence-corrected chi connectivity index (χ1v) is 11.3. The Kier molecular flexibility index (Phi) is 6.36. The van der Waals surface area contributed by atoms with Gasteiger partial charge in [0, 0.05) is 0 Å². The predicted molar refractivity (Wildman–Crippen MR) is 117 cm³/mol. The van der Waals surface area contributed by atoms with Crippen molar-refractivity contribution in [3.05, 3.63) is 72.3 Å². The van der Waals surface area contributed by atoms with E-state index in [9.17, 15) is 13.2 Å². The highest BCUT2D eigenvalue weighted by Crippen LogP contribution is 2.48. The minimum absolute atomic E-state index is 0.598. The van der Waals surface area contributed by atoms with Crippen molar-refractivity contribution in [2.24, 2.45) is 17.8 Å². The summed E-state index contributed by atoms with van der Waals surface area (Å²) >= 11 is 0. The second kappa shape index (κ2) is 8.99. The molecule has 0 N–H and O–H groups in total. The van der Waals surface area contributed by atoms with E-state index in [4.69, 9.17) is 0 Å². The molecule has 3 heteroatoms. The summed E-state index contributed by atoms with van der Waals surface area (Å²) in [6.07, 6.45) is 8.24. The van der Waals surface area contributed by atoms with Crippen LogP contribution in [0.2, 0.25) is 0 Å². The van der Waals surface area contributed by atoms with Gasteiger partial charge in [0.2, 0.25) is 0 Å². The predicted octanol–water partition coefficient (Wildman–Crippen LogP) is 8.64. The van der Waals surface area contributed by atoms with E-state index in [1.165, 1.54) is 50.5 Å². The van der Waals surface area contributed by atoms with Gasteiger partial charge in [0.1, 0.15) is 0 Å². The highest BCUT2D eigenvalue weighted by molar-refractivity contribution is 5.64. The van der Waals surface area contributed by atoms with Gasteiger partial charge in [-0.3, -0.25) is 0 Å². The van der Waals surface area contributed by atoms with E-state index in [1.807, 2.05) is 0 Å². The molecule has 0 bridgehead atoms. The van der Waals surface area contributed by atoms with E-state index in [0.717, 1.165) is 47.4 Å². The molecule has 2 aliphatic carbocycles. The van der Waals surface area contributed by atoms with Crippen LogP contribution in [-0.4, -0.2) is 0 Å². The van der Waals surface area contributed by atoms with Crippen LogP contribution >= 0.6 is 0 Å². The Morgan fingerprint density at radius 3 is 2.03 bits per heavy atom. The third-order valence-corrected chi connectivity index (χ3v) is 7.43. The van der Waals surface area contributed by atoms with Crippen LogP contribution in [0, 0.1) is 17.8 Å². The van der Waals surface area contributed by atoms with Crippen molar-refractivity contribution in [3.63, 3.8) is 0 Å². The van der Waals surface area contributed by atoms with Crippen LogP contribution in [0.1, 0.15) is 68.4 Å². The number of hydrogen-bond donors (Lipinski definition) is 0. The molecule has 0 spiro atoms. The molecule has 0 amide bonds. The molecule has 30 heavy (non-hydrogen) atoms. The Morgan fingerprint density at radius 2 is 1.40 bits per heavy atom. The fourth-order valence-electron chi connectivity index (χ4n) is 5.70. The number of hydrogen-bond acceptors (Lipinski definition) is 0. The lowest BCUT2D eigenvalue weighted by molar-refractivity contribution is -0.137. The molecule has 4 unspecified atom stereocenters. The highest BCUT2D eigenvalue weighted by atomic mass is 19.4. The average molecular weight is 413 g/mol. The van der Waals surface area contributed by atoms with Gasteiger partial charge in [-0.25, -0.2) is 0 Å². The number of allylic oxidation sites excluding steroid dienone is 1. The van der Waals surface area contributed by atoms with Gasteiger partial charge in [-0.15, -0.1) is 6.58 Å². The number of rotatable bonds is 5. The van der Waals surface area contributed by atoms with E-state index in [-0.39, 0.29) is 0 Å². The summed E-state index contributed by atoms with van der Waals surface area (Å²) in [5.74, 6) is 3.27. The topological polar surface area (TPSA) is 0 Å². The van der Waals surface area contributed by atoms with Crippen molar-refractivity contribution in [1.82, 2.24) is 0 Å². The zero-order valence-electron chi connectivity index (χ0n) is 17.5. The first-order chi connectivity index (χ1) is 14.4. The summed E-state index contributed by atoms with van der Waals surface area (Å²) in [6, 6.07) is 14.0. The molecule has 2 aliphatic rings. The van der Waals surface area contributed by atoms with E-state index in [0.29, 0.717) is 5.92 Å². The van der Waals surface area contributed by atoms with Crippen molar-refractivity contribution in [3.8, 4) is 11.1 Å². The first kappa shape index (κ1) is 21.2. The number of fused-ring (bicyclic) bond motifs is 1. The van der Waals surface area contributed by atoms with E-state index >= 15 is 0 Å². The van der Waals surface area contributed by atoms with Crippen LogP contribution in [0.15, 0.2) is 61.2 Å². The molecular formula is C27H31F3. The third kappa shape index (κ3) is 4.82. The maximum atomic E-state index is 12.8. The van der Waals surface area contributed by atoms with Crippen molar-refractivity contribution < 1.29 is 13.2 Å². The van der Waals surface area contributed by atoms with Gasteiger partial charge >= 0.3 is 6.18 Å². The maximum Gasteiger partial charge on any atom is 0.416 e. The standard InChI is InChI=1S/C27H31F3/c1-2-3-4-19-5-6-25-18-24(12-11-23(25)17-19)22-9-7-20(8-10-22)21-13-15-26(16-14-21)27(28,29)30/h2,7-10,13-16,19,23-25H,1,3-6,11-12,17-18H2. The molecular weight excluding hydrogens is 381 g/mol. The Hall–Kier alpha value is -2.03. The number of alkyl halides is 3. The van der Waals surface area contributed by atoms with Gasteiger partial charge in [0.25, 0.3) is 0 Å². The van der Waals surface area contributed by atoms with E-state index < -0.39 is 11.7 Å². The van der Waals surface area contributed by atoms with Crippen LogP contribution in [0.25, 0.3) is 11.1 Å². The number of benzene rings is 2. The largest absolute Gasteiger partial charge is 0.416 e. The molecule has 0 aliphatic heterocycles. The molecule has 4 rings (SSSR count). The molecule has 2 saturated carbocycles. The van der Waals surface area contributed by atoms with Gasteiger partial charge in [-0.05, 0) is 97.4 Å². The van der Waals surface area contributed by atoms with Crippen molar-refractivity contribution in [2.75, 3.05) is 0 Å². The Bertz CT molecular complexity index is 832. The van der Waals surface area contributed by atoms with Gasteiger partial charge in [0.15, 0.2) is 0 Å². The minimum Gasteiger partial charge on any atom is -0.166 e. The average Bonchev–Trinajstić information content (AvgIpc) is 2.77. The third-order valence-electron chi connectivity index (χ3n) is 7.43. The summed E-state index contributed by atoms with van der Waals surface area (Å²) in [4.78, 5) is 0. The highest BCUT2D eigenvalue weighted by Gasteiger charge is 2.35. The zero-order chi connectivity index (χ0) is 21.1. The SMILES string of the molecule is C=CCCC1CCC2CC(c3ccc(-c4ccc(C(F)(F)F)cc4)cc3)CCC2C1. The number of halogens is 3. The molecule has 0 radical (unpaired) electrons. The summed E-state index contributed by atoms with van der Waals surface area (Å²) in [5.41, 5.74) is 2.59. The van der Waals surface area contributed by atoms with Gasteiger partial charge in [-0.1, -0.05) is 48.9 Å². The van der Waals surface area contributed by atoms with E-state index in [2.05, 4.69) is 36.9 Å². The Balaban J connectivity index is 1.38. The molecule has 2 aromatic rings. The lowest BCUT2D eigenvalue weighted by atomic mass is 9.63. The monoisotopic (exact) mass is 412 g/mol. The Morgan fingerprint density at radius 1 is 0.800 bits per heavy atom. The van der Waals surface area contributed by atoms with Crippen molar-refractivity contribution >= 4 is 0 Å². The zero-order valence-corrected chi connectivity index (χ0v) is 17.5. The maximum absolute atomic E-state index is 12.8. The smallest absolute Gasteiger partial charge is 0.166 e. The second-order valence-electron chi connectivity index (χ2n) is 9.27. The summed E-state index contributed by atoms with van der Waals surface area (Å²) in [6.45, 7) is 3.86. The molecule has 0 nitrogen and oxygen atoms in total. The lowest BCUT2D eigenvalue weighted by Crippen LogP contribution is -2.30. The fraction of sp³-hybridized carbons (Fsp3) is 0.481. The molecule has 160 valence electrons. The minimum atomic E-state index is -4.29. The van der Waals surface area contributed by atoms with Crippen LogP contribution in [0.5, 0.6) is 0 Å². The van der Waals surface area contributed by atoms with Crippen LogP contribution < -0.4 is 0 Å². The van der Waals surface area contributed by atoms with Crippen LogP contribution in [0.4, 0.5) is 13.2 Å². The molecule has 4 atom stereocenters. The normalized spacial score (nSPS) is 26.8. The van der Waals surface area contributed by atoms with Gasteiger partial charge in [-0.2, -0.15) is 13.2 Å². The quantitative estimate of drug-likeness (QED) is 0.431. The van der Waals surface area contributed by atoms with E-state index in [1.54, 1.807) is 12.1 Å². The van der Waals surface area contributed by atoms with Gasteiger partial charge in [0.05, 0.1) is 5.56 Å². The lowest BCUT2D eigenvalue weighted by Gasteiger charge is -2.42. The summed E-state index contributed by atoms with van der Waals surface area (Å²) in [5, 5.41) is 0. The molecule has 0 saturated heterocycles. The summed E-state index contributed by atoms with van der Waals surface area (Å²) in [7, 11) is 0. The van der Waals surface area contributed by atoms with Crippen LogP contribution in [-0.2, 0) is 6.18 Å². The van der Waals surface area contributed by atoms with Gasteiger partial charge < -0.3 is 0 Å². The Labute approximate surface area is 178 Å². The van der Waals surface area contributed by atoms with Crippen LogP contribution in [0.3, 0.4) is 0 Å². The van der Waals surface area contributed by atoms with Crippen molar-refractivity contribution in [1.29, 1.82) is 0 Å². The fourth-order valence-corrected chi connectivity index (χ4v) is 5.70. The molecule has 0 heterocycles. The first-order valence-electron chi connectivity index (χ1n) is 11.3.